The summed E-state index contributed by atoms with van der Waals surface area (Å²) in [6, 6.07) is 28.9. The molecule has 1 fully saturated rings. The molecule has 0 bridgehead atoms. The van der Waals surface area contributed by atoms with Crippen LogP contribution in [0.4, 0.5) is 11.8 Å². The maximum Gasteiger partial charge on any atom is 0.255 e. The van der Waals surface area contributed by atoms with Crippen LogP contribution in [0.3, 0.4) is 0 Å². The van der Waals surface area contributed by atoms with E-state index < -0.39 is 0 Å². The molecule has 0 aliphatic heterocycles. The van der Waals surface area contributed by atoms with Gasteiger partial charge in [0, 0.05) is 32.4 Å². The molecule has 1 aliphatic carbocycles. The monoisotopic (exact) mass is 590 g/mol. The number of amides is 2. The lowest BCUT2D eigenvalue weighted by atomic mass is 9.91. The molecule has 0 unspecified atom stereocenters. The van der Waals surface area contributed by atoms with Gasteiger partial charge in [0.2, 0.25) is 5.95 Å². The molecule has 5 rings (SSSR count). The number of nitrogens with one attached hydrogen (secondary N) is 2. The number of aromatic nitrogens is 2. The molecule has 2 atom stereocenters. The van der Waals surface area contributed by atoms with Gasteiger partial charge in [-0.25, -0.2) is 4.98 Å². The van der Waals surface area contributed by atoms with E-state index in [1.807, 2.05) is 117 Å². The predicted octanol–water partition coefficient (Wildman–Crippen LogP) is 6.66. The summed E-state index contributed by atoms with van der Waals surface area (Å²) in [5.41, 5.74) is 2.88. The van der Waals surface area contributed by atoms with E-state index in [2.05, 4.69) is 20.6 Å². The van der Waals surface area contributed by atoms with Gasteiger partial charge in [0.25, 0.3) is 11.8 Å². The maximum absolute atomic E-state index is 14.4. The fourth-order valence-electron chi connectivity index (χ4n) is 5.97. The Bertz CT molecular complexity index is 1490. The largest absolute Gasteiger partial charge is 0.363 e. The topological polar surface area (TPSA) is 90.5 Å². The minimum atomic E-state index is -0.216. The van der Waals surface area contributed by atoms with Crippen LogP contribution in [-0.4, -0.2) is 52.9 Å². The second-order valence-electron chi connectivity index (χ2n) is 11.7. The lowest BCUT2D eigenvalue weighted by Gasteiger charge is -2.36. The Kier molecular flexibility index (Phi) is 9.89. The lowest BCUT2D eigenvalue weighted by Crippen LogP contribution is -2.41. The second-order valence-corrected chi connectivity index (χ2v) is 11.7. The van der Waals surface area contributed by atoms with Crippen LogP contribution >= 0.6 is 0 Å². The minimum absolute atomic E-state index is 0.0281. The number of nitrogens with zero attached hydrogens (tertiary/aromatic N) is 4. The van der Waals surface area contributed by atoms with Gasteiger partial charge in [-0.05, 0) is 68.9 Å². The first-order valence-electron chi connectivity index (χ1n) is 15.4. The number of benzene rings is 3. The van der Waals surface area contributed by atoms with Crippen molar-refractivity contribution in [2.45, 2.75) is 63.7 Å². The molecule has 2 N–H and O–H groups in total. The van der Waals surface area contributed by atoms with Crippen molar-refractivity contribution in [1.29, 1.82) is 0 Å². The van der Waals surface area contributed by atoms with Crippen molar-refractivity contribution in [1.82, 2.24) is 20.2 Å². The zero-order valence-electron chi connectivity index (χ0n) is 26.0. The molecule has 1 saturated carbocycles. The highest BCUT2D eigenvalue weighted by Gasteiger charge is 2.31. The molecule has 0 radical (unpaired) electrons. The number of rotatable bonds is 10. The van der Waals surface area contributed by atoms with Crippen molar-refractivity contribution >= 4 is 23.6 Å². The Morgan fingerprint density at radius 1 is 0.727 bits per heavy atom. The van der Waals surface area contributed by atoms with Crippen molar-refractivity contribution in [2.24, 2.45) is 0 Å². The van der Waals surface area contributed by atoms with Crippen LogP contribution in [-0.2, 0) is 0 Å². The smallest absolute Gasteiger partial charge is 0.255 e. The van der Waals surface area contributed by atoms with Crippen LogP contribution < -0.4 is 15.5 Å². The highest BCUT2D eigenvalue weighted by atomic mass is 16.2. The summed E-state index contributed by atoms with van der Waals surface area (Å²) in [6.07, 6.45) is 5.19. The first kappa shape index (κ1) is 30.7. The summed E-state index contributed by atoms with van der Waals surface area (Å²) in [5, 5.41) is 6.68. The Hall–Kier alpha value is -4.72. The Balaban J connectivity index is 1.30. The van der Waals surface area contributed by atoms with E-state index in [-0.39, 0.29) is 36.0 Å². The maximum atomic E-state index is 14.4. The van der Waals surface area contributed by atoms with Crippen LogP contribution in [0.5, 0.6) is 0 Å². The normalized spacial score (nSPS) is 17.6. The Morgan fingerprint density at radius 2 is 1.25 bits per heavy atom. The molecule has 4 aromatic rings. The van der Waals surface area contributed by atoms with Gasteiger partial charge in [0.1, 0.15) is 5.82 Å². The van der Waals surface area contributed by atoms with Gasteiger partial charge < -0.3 is 20.4 Å². The lowest BCUT2D eigenvalue weighted by molar-refractivity contribution is 0.0599. The zero-order chi connectivity index (χ0) is 31.1. The number of carbonyl (C=O) groups excluding carboxylic acids is 2. The molecule has 44 heavy (non-hydrogen) atoms. The number of hydrogen-bond acceptors (Lipinski definition) is 6. The summed E-state index contributed by atoms with van der Waals surface area (Å²) in [4.78, 5) is 40.9. The van der Waals surface area contributed by atoms with Crippen molar-refractivity contribution in [3.63, 3.8) is 0 Å². The quantitative estimate of drug-likeness (QED) is 0.215. The summed E-state index contributed by atoms with van der Waals surface area (Å²) in [7, 11) is 3.91. The molecule has 1 aromatic heterocycles. The van der Waals surface area contributed by atoms with Crippen LogP contribution in [0.2, 0.25) is 0 Å². The van der Waals surface area contributed by atoms with Crippen LogP contribution in [0, 0.1) is 0 Å². The first-order chi connectivity index (χ1) is 21.3. The molecule has 228 valence electrons. The van der Waals surface area contributed by atoms with E-state index in [4.69, 9.17) is 0 Å². The van der Waals surface area contributed by atoms with Gasteiger partial charge in [-0.15, -0.1) is 0 Å². The average Bonchev–Trinajstić information content (AvgIpc) is 3.06. The van der Waals surface area contributed by atoms with Gasteiger partial charge in [-0.3, -0.25) is 9.59 Å². The molecule has 0 spiro atoms. The molecule has 8 nitrogen and oxygen atoms in total. The molecular weight excluding hydrogens is 548 g/mol. The second kappa shape index (κ2) is 14.2. The van der Waals surface area contributed by atoms with Crippen LogP contribution in [0.25, 0.3) is 0 Å². The summed E-state index contributed by atoms with van der Waals surface area (Å²) in [6.45, 7) is 4.09. The summed E-state index contributed by atoms with van der Waals surface area (Å²) < 4.78 is 0. The minimum Gasteiger partial charge on any atom is -0.363 e. The third-order valence-electron chi connectivity index (χ3n) is 8.53. The van der Waals surface area contributed by atoms with Gasteiger partial charge in [0.15, 0.2) is 0 Å². The van der Waals surface area contributed by atoms with Crippen molar-refractivity contribution in [2.75, 3.05) is 24.3 Å². The molecular formula is C36H42N6O2. The summed E-state index contributed by atoms with van der Waals surface area (Å²) >= 11 is 0. The van der Waals surface area contributed by atoms with E-state index in [1.165, 1.54) is 0 Å². The van der Waals surface area contributed by atoms with E-state index in [1.54, 1.807) is 18.3 Å². The van der Waals surface area contributed by atoms with Gasteiger partial charge in [-0.2, -0.15) is 4.98 Å². The molecule has 0 saturated heterocycles. The predicted molar refractivity (Wildman–Crippen MR) is 176 cm³/mol. The van der Waals surface area contributed by atoms with E-state index in [9.17, 15) is 9.59 Å². The zero-order valence-corrected chi connectivity index (χ0v) is 26.0. The third-order valence-corrected chi connectivity index (χ3v) is 8.53. The molecule has 1 aliphatic rings. The van der Waals surface area contributed by atoms with Gasteiger partial charge >= 0.3 is 0 Å². The summed E-state index contributed by atoms with van der Waals surface area (Å²) in [5.74, 6) is 1.09. The fourth-order valence-corrected chi connectivity index (χ4v) is 5.97. The van der Waals surface area contributed by atoms with Crippen LogP contribution in [0.1, 0.15) is 83.5 Å². The number of anilines is 2. The number of hydrogen-bond donors (Lipinski definition) is 2. The van der Waals surface area contributed by atoms with E-state index in [0.717, 1.165) is 42.6 Å². The molecule has 3 aromatic carbocycles. The van der Waals surface area contributed by atoms with Gasteiger partial charge in [0.05, 0.1) is 23.2 Å². The van der Waals surface area contributed by atoms with E-state index >= 15 is 0 Å². The average molecular weight is 591 g/mol. The Morgan fingerprint density at radius 3 is 1.82 bits per heavy atom. The standard InChI is InChI=1S/C36H42N6O2/c1-25(27-13-7-5-8-14-27)42(26(2)28-15-9-6-10-16-28)35(44)32-18-12-11-17-31(32)34(43)38-29-19-21-30(22-20-29)39-36-37-24-23-33(40-36)41(3)4/h5-18,23-26,29-30H,19-22H2,1-4H3,(H,38,43)(H,37,39,40)/t25-,26-,29-,30+/m0/s1. The van der Waals surface area contributed by atoms with Crippen LogP contribution in [0.15, 0.2) is 97.2 Å². The fraction of sp³-hybridized carbons (Fsp3) is 0.333. The SMILES string of the molecule is C[C@@H](c1ccccc1)N(C(=O)c1ccccc1C(=O)N[C@H]1CC[C@@H](Nc2nccc(N(C)C)n2)CC1)[C@@H](C)c1ccccc1. The first-order valence-corrected chi connectivity index (χ1v) is 15.4. The number of carbonyl (C=O) groups is 2. The molecule has 1 heterocycles. The van der Waals surface area contributed by atoms with E-state index in [0.29, 0.717) is 17.1 Å². The molecule has 2 amide bonds. The Labute approximate surface area is 260 Å². The van der Waals surface area contributed by atoms with Crippen molar-refractivity contribution < 1.29 is 9.59 Å². The van der Waals surface area contributed by atoms with Crippen molar-refractivity contribution in [3.05, 3.63) is 119 Å². The highest BCUT2D eigenvalue weighted by molar-refractivity contribution is 6.07. The van der Waals surface area contributed by atoms with Gasteiger partial charge in [-0.1, -0.05) is 72.8 Å². The molecule has 8 heteroatoms. The third kappa shape index (κ3) is 7.25. The van der Waals surface area contributed by atoms with Crippen molar-refractivity contribution in [3.8, 4) is 0 Å². The highest BCUT2D eigenvalue weighted by Crippen LogP contribution is 2.33.